The van der Waals surface area contributed by atoms with E-state index >= 15 is 0 Å². The van der Waals surface area contributed by atoms with Crippen LogP contribution in [0.3, 0.4) is 0 Å². The number of para-hydroxylation sites is 1. The number of aliphatic hydroxyl groups is 1. The van der Waals surface area contributed by atoms with Gasteiger partial charge in [0.05, 0.1) is 11.6 Å². The summed E-state index contributed by atoms with van der Waals surface area (Å²) in [6.45, 7) is -1.46. The average molecular weight is 285 g/mol. The number of rotatable bonds is 5. The number of benzene rings is 1. The van der Waals surface area contributed by atoms with E-state index in [2.05, 4.69) is 9.72 Å². The number of hydrogen-bond acceptors (Lipinski definition) is 3. The SMILES string of the molecule is OC(CCOCC(F)(F)F)c1cnc2ccccc2c1. The lowest BCUT2D eigenvalue weighted by Crippen LogP contribution is -2.18. The number of aromatic nitrogens is 1. The monoisotopic (exact) mass is 285 g/mol. The second-order valence-electron chi connectivity index (χ2n) is 4.43. The van der Waals surface area contributed by atoms with E-state index in [1.807, 2.05) is 24.3 Å². The fourth-order valence-electron chi connectivity index (χ4n) is 1.82. The van der Waals surface area contributed by atoms with E-state index < -0.39 is 18.9 Å². The van der Waals surface area contributed by atoms with E-state index in [0.717, 1.165) is 10.9 Å². The number of pyridine rings is 1. The van der Waals surface area contributed by atoms with E-state index in [1.54, 1.807) is 6.07 Å². The second kappa shape index (κ2) is 6.19. The van der Waals surface area contributed by atoms with Crippen molar-refractivity contribution in [3.05, 3.63) is 42.1 Å². The van der Waals surface area contributed by atoms with Gasteiger partial charge in [-0.2, -0.15) is 13.2 Å². The van der Waals surface area contributed by atoms with E-state index in [4.69, 9.17) is 0 Å². The zero-order valence-corrected chi connectivity index (χ0v) is 10.6. The molecule has 1 heterocycles. The molecule has 0 saturated carbocycles. The van der Waals surface area contributed by atoms with E-state index in [9.17, 15) is 18.3 Å². The first-order valence-electron chi connectivity index (χ1n) is 6.13. The molecule has 1 atom stereocenters. The molecule has 0 bridgehead atoms. The van der Waals surface area contributed by atoms with Crippen molar-refractivity contribution < 1.29 is 23.0 Å². The fourth-order valence-corrected chi connectivity index (χ4v) is 1.82. The smallest absolute Gasteiger partial charge is 0.388 e. The van der Waals surface area contributed by atoms with Gasteiger partial charge in [-0.15, -0.1) is 0 Å². The first kappa shape index (κ1) is 14.7. The molecule has 0 spiro atoms. The maximum atomic E-state index is 11.9. The highest BCUT2D eigenvalue weighted by molar-refractivity contribution is 5.78. The van der Waals surface area contributed by atoms with Crippen LogP contribution < -0.4 is 0 Å². The Morgan fingerprint density at radius 1 is 1.25 bits per heavy atom. The Kier molecular flexibility index (Phi) is 4.57. The van der Waals surface area contributed by atoms with Crippen LogP contribution >= 0.6 is 0 Å². The van der Waals surface area contributed by atoms with Crippen molar-refractivity contribution >= 4 is 10.9 Å². The first-order valence-corrected chi connectivity index (χ1v) is 6.13. The number of nitrogens with zero attached hydrogens (tertiary/aromatic N) is 1. The molecule has 0 aliphatic carbocycles. The quantitative estimate of drug-likeness (QED) is 0.858. The van der Waals surface area contributed by atoms with Crippen LogP contribution in [0.4, 0.5) is 13.2 Å². The van der Waals surface area contributed by atoms with Gasteiger partial charge in [0.15, 0.2) is 0 Å². The summed E-state index contributed by atoms with van der Waals surface area (Å²) in [5.74, 6) is 0. The summed E-state index contributed by atoms with van der Waals surface area (Å²) in [6.07, 6.45) is -3.61. The Morgan fingerprint density at radius 3 is 2.75 bits per heavy atom. The predicted molar refractivity (Wildman–Crippen MR) is 68.2 cm³/mol. The van der Waals surface area contributed by atoms with Gasteiger partial charge in [0.1, 0.15) is 6.61 Å². The van der Waals surface area contributed by atoms with Crippen molar-refractivity contribution in [1.29, 1.82) is 0 Å². The zero-order chi connectivity index (χ0) is 14.6. The standard InChI is InChI=1S/C14H14F3NO2/c15-14(16,17)9-20-6-5-13(19)11-7-10-3-1-2-4-12(10)18-8-11/h1-4,7-8,13,19H,5-6,9H2. The molecule has 1 aromatic carbocycles. The van der Waals surface area contributed by atoms with Crippen molar-refractivity contribution in [1.82, 2.24) is 4.98 Å². The molecular weight excluding hydrogens is 271 g/mol. The summed E-state index contributed by atoms with van der Waals surface area (Å²) < 4.78 is 40.1. The van der Waals surface area contributed by atoms with E-state index in [-0.39, 0.29) is 13.0 Å². The summed E-state index contributed by atoms with van der Waals surface area (Å²) in [7, 11) is 0. The van der Waals surface area contributed by atoms with Crippen LogP contribution in [0.2, 0.25) is 0 Å². The minimum Gasteiger partial charge on any atom is -0.388 e. The number of hydrogen-bond donors (Lipinski definition) is 1. The van der Waals surface area contributed by atoms with Gasteiger partial charge in [-0.25, -0.2) is 0 Å². The minimum absolute atomic E-state index is 0.0934. The molecule has 108 valence electrons. The van der Waals surface area contributed by atoms with Gasteiger partial charge in [-0.05, 0) is 17.7 Å². The van der Waals surface area contributed by atoms with Gasteiger partial charge in [0.2, 0.25) is 0 Å². The lowest BCUT2D eigenvalue weighted by atomic mass is 10.1. The van der Waals surface area contributed by atoms with Crippen LogP contribution in [-0.2, 0) is 4.74 Å². The van der Waals surface area contributed by atoms with Crippen LogP contribution in [-0.4, -0.2) is 29.5 Å². The van der Waals surface area contributed by atoms with Gasteiger partial charge < -0.3 is 9.84 Å². The molecule has 20 heavy (non-hydrogen) atoms. The maximum absolute atomic E-state index is 11.9. The summed E-state index contributed by atoms with van der Waals surface area (Å²) in [5.41, 5.74) is 1.37. The molecule has 0 amide bonds. The second-order valence-corrected chi connectivity index (χ2v) is 4.43. The Hall–Kier alpha value is -1.66. The summed E-state index contributed by atoms with van der Waals surface area (Å²) >= 11 is 0. The van der Waals surface area contributed by atoms with Crippen LogP contribution in [0.1, 0.15) is 18.1 Å². The van der Waals surface area contributed by atoms with Crippen LogP contribution in [0.25, 0.3) is 10.9 Å². The summed E-state index contributed by atoms with van der Waals surface area (Å²) in [6, 6.07) is 9.19. The fraction of sp³-hybridized carbons (Fsp3) is 0.357. The molecule has 2 aromatic rings. The lowest BCUT2D eigenvalue weighted by molar-refractivity contribution is -0.175. The van der Waals surface area contributed by atoms with Crippen LogP contribution in [0.15, 0.2) is 36.5 Å². The van der Waals surface area contributed by atoms with E-state index in [1.165, 1.54) is 6.20 Å². The molecule has 1 aromatic heterocycles. The molecule has 0 aliphatic rings. The van der Waals surface area contributed by atoms with Crippen molar-refractivity contribution in [3.8, 4) is 0 Å². The van der Waals surface area contributed by atoms with Crippen molar-refractivity contribution in [2.24, 2.45) is 0 Å². The van der Waals surface area contributed by atoms with Gasteiger partial charge in [0, 0.05) is 24.6 Å². The number of ether oxygens (including phenoxy) is 1. The Bertz CT molecular complexity index is 572. The number of fused-ring (bicyclic) bond motifs is 1. The topological polar surface area (TPSA) is 42.4 Å². The maximum Gasteiger partial charge on any atom is 0.411 e. The molecule has 0 saturated heterocycles. The molecule has 2 rings (SSSR count). The third kappa shape index (κ3) is 4.18. The highest BCUT2D eigenvalue weighted by Crippen LogP contribution is 2.21. The van der Waals surface area contributed by atoms with Crippen molar-refractivity contribution in [3.63, 3.8) is 0 Å². The first-order chi connectivity index (χ1) is 9.46. The Balaban J connectivity index is 1.92. The van der Waals surface area contributed by atoms with Gasteiger partial charge in [0.25, 0.3) is 0 Å². The molecule has 0 radical (unpaired) electrons. The normalized spacial score (nSPS) is 13.6. The third-order valence-corrected chi connectivity index (χ3v) is 2.80. The van der Waals surface area contributed by atoms with Gasteiger partial charge in [-0.1, -0.05) is 18.2 Å². The van der Waals surface area contributed by atoms with Crippen molar-refractivity contribution in [2.75, 3.05) is 13.2 Å². The minimum atomic E-state index is -4.34. The third-order valence-electron chi connectivity index (χ3n) is 2.80. The summed E-state index contributed by atoms with van der Waals surface area (Å²) in [5, 5.41) is 10.8. The molecule has 0 fully saturated rings. The Labute approximate surface area is 114 Å². The molecule has 3 nitrogen and oxygen atoms in total. The molecular formula is C14H14F3NO2. The number of alkyl halides is 3. The number of aliphatic hydroxyl groups excluding tert-OH is 1. The predicted octanol–water partition coefficient (Wildman–Crippen LogP) is 3.24. The largest absolute Gasteiger partial charge is 0.411 e. The average Bonchev–Trinajstić information content (AvgIpc) is 2.42. The van der Waals surface area contributed by atoms with Crippen LogP contribution in [0.5, 0.6) is 0 Å². The number of halogens is 3. The molecule has 1 unspecified atom stereocenters. The van der Waals surface area contributed by atoms with Crippen LogP contribution in [0, 0.1) is 0 Å². The summed E-state index contributed by atoms with van der Waals surface area (Å²) in [4.78, 5) is 4.19. The highest BCUT2D eigenvalue weighted by Gasteiger charge is 2.27. The Morgan fingerprint density at radius 2 is 2.00 bits per heavy atom. The lowest BCUT2D eigenvalue weighted by Gasteiger charge is -2.12. The molecule has 0 aliphatic heterocycles. The molecule has 6 heteroatoms. The van der Waals surface area contributed by atoms with Crippen molar-refractivity contribution in [2.45, 2.75) is 18.7 Å². The van der Waals surface area contributed by atoms with Gasteiger partial charge in [-0.3, -0.25) is 4.98 Å². The van der Waals surface area contributed by atoms with E-state index in [0.29, 0.717) is 5.56 Å². The highest BCUT2D eigenvalue weighted by atomic mass is 19.4. The van der Waals surface area contributed by atoms with Gasteiger partial charge >= 0.3 is 6.18 Å². The zero-order valence-electron chi connectivity index (χ0n) is 10.6. The molecule has 1 N–H and O–H groups in total.